The third-order valence-electron chi connectivity index (χ3n) is 1.70. The molecule has 78 valence electrons. The first-order chi connectivity index (χ1) is 6.97. The minimum absolute atomic E-state index is 0.192. The van der Waals surface area contributed by atoms with Gasteiger partial charge in [-0.15, -0.1) is 0 Å². The standard InChI is InChI=1S/C7H5N3O5/c8-6-1-4(9(12)13)2-7(10(14)15)5(6)3-11/h1-3H,8H2. The molecule has 0 amide bonds. The minimum Gasteiger partial charge on any atom is -0.398 e. The number of nitrogens with two attached hydrogens (primary N) is 1. The molecule has 1 rings (SSSR count). The highest BCUT2D eigenvalue weighted by Gasteiger charge is 2.22. The molecule has 0 atom stereocenters. The van der Waals surface area contributed by atoms with E-state index >= 15 is 0 Å². The molecule has 0 aromatic heterocycles. The molecule has 0 aliphatic carbocycles. The quantitative estimate of drug-likeness (QED) is 0.342. The van der Waals surface area contributed by atoms with Gasteiger partial charge in [0.1, 0.15) is 5.56 Å². The molecule has 1 aromatic rings. The molecule has 0 aliphatic rings. The van der Waals surface area contributed by atoms with Gasteiger partial charge in [0.25, 0.3) is 11.4 Å². The van der Waals surface area contributed by atoms with Crippen molar-refractivity contribution in [3.63, 3.8) is 0 Å². The summed E-state index contributed by atoms with van der Waals surface area (Å²) in [5.74, 6) is 0. The third-order valence-corrected chi connectivity index (χ3v) is 1.70. The number of carbonyl (C=O) groups is 1. The second-order valence-electron chi connectivity index (χ2n) is 2.60. The number of hydrogen-bond acceptors (Lipinski definition) is 6. The Morgan fingerprint density at radius 3 is 2.20 bits per heavy atom. The number of anilines is 1. The van der Waals surface area contributed by atoms with Crippen molar-refractivity contribution in [1.82, 2.24) is 0 Å². The fourth-order valence-corrected chi connectivity index (χ4v) is 1.03. The maximum absolute atomic E-state index is 10.5. The van der Waals surface area contributed by atoms with E-state index in [1.807, 2.05) is 0 Å². The zero-order valence-electron chi connectivity index (χ0n) is 7.25. The van der Waals surface area contributed by atoms with Gasteiger partial charge in [0.15, 0.2) is 6.29 Å². The van der Waals surface area contributed by atoms with E-state index in [-0.39, 0.29) is 17.5 Å². The Morgan fingerprint density at radius 1 is 1.20 bits per heavy atom. The number of nitrogen functional groups attached to an aromatic ring is 1. The van der Waals surface area contributed by atoms with E-state index in [1.165, 1.54) is 0 Å². The molecule has 0 saturated heterocycles. The molecule has 8 heteroatoms. The highest BCUT2D eigenvalue weighted by Crippen LogP contribution is 2.28. The van der Waals surface area contributed by atoms with Gasteiger partial charge in [-0.25, -0.2) is 0 Å². The highest BCUT2D eigenvalue weighted by molar-refractivity contribution is 5.90. The van der Waals surface area contributed by atoms with E-state index < -0.39 is 21.2 Å². The van der Waals surface area contributed by atoms with Crippen molar-refractivity contribution >= 4 is 23.3 Å². The van der Waals surface area contributed by atoms with Gasteiger partial charge in [-0.05, 0) is 0 Å². The summed E-state index contributed by atoms with van der Waals surface area (Å²) in [5, 5.41) is 20.8. The zero-order valence-corrected chi connectivity index (χ0v) is 7.25. The molecule has 0 bridgehead atoms. The van der Waals surface area contributed by atoms with Crippen LogP contribution in [0.15, 0.2) is 12.1 Å². The van der Waals surface area contributed by atoms with Crippen molar-refractivity contribution in [3.8, 4) is 0 Å². The second-order valence-corrected chi connectivity index (χ2v) is 2.60. The van der Waals surface area contributed by atoms with Crippen LogP contribution in [0.1, 0.15) is 10.4 Å². The minimum atomic E-state index is -0.896. The fourth-order valence-electron chi connectivity index (χ4n) is 1.03. The summed E-state index contributed by atoms with van der Waals surface area (Å²) in [6, 6.07) is 1.59. The van der Waals surface area contributed by atoms with Crippen LogP contribution in [0.5, 0.6) is 0 Å². The van der Waals surface area contributed by atoms with Gasteiger partial charge in [0.2, 0.25) is 0 Å². The summed E-state index contributed by atoms with van der Waals surface area (Å²) in [4.78, 5) is 29.6. The van der Waals surface area contributed by atoms with Crippen molar-refractivity contribution in [2.24, 2.45) is 0 Å². The molecule has 0 aliphatic heterocycles. The predicted octanol–water partition coefficient (Wildman–Crippen LogP) is 0.898. The van der Waals surface area contributed by atoms with Crippen LogP contribution in [0.2, 0.25) is 0 Å². The normalized spacial score (nSPS) is 9.60. The Labute approximate surface area is 82.6 Å². The summed E-state index contributed by atoms with van der Waals surface area (Å²) < 4.78 is 0. The van der Waals surface area contributed by atoms with Crippen LogP contribution in [0.4, 0.5) is 17.1 Å². The number of nitro groups is 2. The van der Waals surface area contributed by atoms with E-state index in [0.717, 1.165) is 6.07 Å². The average molecular weight is 211 g/mol. The molecule has 0 radical (unpaired) electrons. The summed E-state index contributed by atoms with van der Waals surface area (Å²) in [6.07, 6.45) is 0.192. The van der Waals surface area contributed by atoms with Gasteiger partial charge in [-0.2, -0.15) is 0 Å². The van der Waals surface area contributed by atoms with E-state index in [2.05, 4.69) is 0 Å². The van der Waals surface area contributed by atoms with Crippen LogP contribution < -0.4 is 5.73 Å². The van der Waals surface area contributed by atoms with Crippen LogP contribution in [-0.2, 0) is 0 Å². The SMILES string of the molecule is Nc1cc([N+](=O)[O-])cc([N+](=O)[O-])c1C=O. The molecule has 1 aromatic carbocycles. The molecule has 2 N–H and O–H groups in total. The number of benzene rings is 1. The Balaban J connectivity index is 3.52. The van der Waals surface area contributed by atoms with Crippen molar-refractivity contribution < 1.29 is 14.6 Å². The first kappa shape index (κ1) is 10.6. The number of rotatable bonds is 3. The first-order valence-corrected chi connectivity index (χ1v) is 3.65. The number of non-ortho nitro benzene ring substituents is 1. The van der Waals surface area contributed by atoms with Gasteiger partial charge in [-0.1, -0.05) is 0 Å². The lowest BCUT2D eigenvalue weighted by Crippen LogP contribution is -2.01. The predicted molar refractivity (Wildman–Crippen MR) is 49.6 cm³/mol. The Bertz CT molecular complexity index is 456. The second kappa shape index (κ2) is 3.70. The summed E-state index contributed by atoms with van der Waals surface area (Å²) >= 11 is 0. The third kappa shape index (κ3) is 1.88. The average Bonchev–Trinajstić information content (AvgIpc) is 2.16. The summed E-state index contributed by atoms with van der Waals surface area (Å²) in [5.41, 5.74) is 3.43. The van der Waals surface area contributed by atoms with E-state index in [9.17, 15) is 25.0 Å². The van der Waals surface area contributed by atoms with Gasteiger partial charge in [0.05, 0.1) is 21.6 Å². The maximum atomic E-state index is 10.5. The van der Waals surface area contributed by atoms with Gasteiger partial charge in [-0.3, -0.25) is 25.0 Å². The van der Waals surface area contributed by atoms with Crippen molar-refractivity contribution in [2.45, 2.75) is 0 Å². The van der Waals surface area contributed by atoms with Crippen molar-refractivity contribution in [3.05, 3.63) is 37.9 Å². The van der Waals surface area contributed by atoms with Crippen LogP contribution in [0.25, 0.3) is 0 Å². The molecule has 0 spiro atoms. The summed E-state index contributed by atoms with van der Waals surface area (Å²) in [6.45, 7) is 0. The summed E-state index contributed by atoms with van der Waals surface area (Å²) in [7, 11) is 0. The van der Waals surface area contributed by atoms with Gasteiger partial charge < -0.3 is 5.73 Å². The number of carbonyl (C=O) groups excluding carboxylic acids is 1. The monoisotopic (exact) mass is 211 g/mol. The Morgan fingerprint density at radius 2 is 1.80 bits per heavy atom. The molecular weight excluding hydrogens is 206 g/mol. The Kier molecular flexibility index (Phi) is 2.61. The molecule has 0 heterocycles. The zero-order chi connectivity index (χ0) is 11.6. The number of hydrogen-bond donors (Lipinski definition) is 1. The van der Waals surface area contributed by atoms with Crippen LogP contribution >= 0.6 is 0 Å². The number of aldehydes is 1. The van der Waals surface area contributed by atoms with E-state index in [1.54, 1.807) is 0 Å². The molecule has 0 saturated carbocycles. The van der Waals surface area contributed by atoms with Gasteiger partial charge >= 0.3 is 0 Å². The van der Waals surface area contributed by atoms with Crippen molar-refractivity contribution in [1.29, 1.82) is 0 Å². The van der Waals surface area contributed by atoms with Crippen molar-refractivity contribution in [2.75, 3.05) is 5.73 Å². The molecule has 15 heavy (non-hydrogen) atoms. The number of nitrogens with zero attached hydrogens (tertiary/aromatic N) is 2. The fraction of sp³-hybridized carbons (Fsp3) is 0. The lowest BCUT2D eigenvalue weighted by molar-refractivity contribution is -0.394. The Hall–Kier alpha value is -2.51. The number of nitro benzene ring substituents is 2. The van der Waals surface area contributed by atoms with E-state index in [0.29, 0.717) is 6.07 Å². The topological polar surface area (TPSA) is 129 Å². The lowest BCUT2D eigenvalue weighted by Gasteiger charge is -1.99. The molecule has 8 nitrogen and oxygen atoms in total. The molecular formula is C7H5N3O5. The van der Waals surface area contributed by atoms with Crippen LogP contribution in [0.3, 0.4) is 0 Å². The lowest BCUT2D eigenvalue weighted by atomic mass is 10.1. The van der Waals surface area contributed by atoms with E-state index in [4.69, 9.17) is 5.73 Å². The molecule has 0 unspecified atom stereocenters. The van der Waals surface area contributed by atoms with Crippen LogP contribution in [-0.4, -0.2) is 16.1 Å². The smallest absolute Gasteiger partial charge is 0.288 e. The molecule has 0 fully saturated rings. The first-order valence-electron chi connectivity index (χ1n) is 3.65. The largest absolute Gasteiger partial charge is 0.398 e. The highest BCUT2D eigenvalue weighted by atomic mass is 16.6. The van der Waals surface area contributed by atoms with Crippen LogP contribution in [0, 0.1) is 20.2 Å². The van der Waals surface area contributed by atoms with Gasteiger partial charge in [0, 0.05) is 6.07 Å². The maximum Gasteiger partial charge on any atom is 0.288 e.